The van der Waals surface area contributed by atoms with Crippen LogP contribution in [0.2, 0.25) is 0 Å². The number of rotatable bonds is 6. The van der Waals surface area contributed by atoms with Crippen LogP contribution in [0.3, 0.4) is 0 Å². The molecule has 3 rings (SSSR count). The van der Waals surface area contributed by atoms with Gasteiger partial charge in [-0.1, -0.05) is 36.8 Å². The van der Waals surface area contributed by atoms with Crippen molar-refractivity contribution in [1.29, 1.82) is 0 Å². The van der Waals surface area contributed by atoms with E-state index in [0.717, 1.165) is 22.3 Å². The molecule has 0 spiro atoms. The molecule has 7 heteroatoms. The van der Waals surface area contributed by atoms with Gasteiger partial charge in [0.1, 0.15) is 6.04 Å². The Balaban J connectivity index is 1.90. The van der Waals surface area contributed by atoms with Gasteiger partial charge in [0.25, 0.3) is 5.56 Å². The van der Waals surface area contributed by atoms with E-state index in [1.807, 2.05) is 57.2 Å². The van der Waals surface area contributed by atoms with Crippen LogP contribution in [-0.4, -0.2) is 21.6 Å². The molecule has 7 nitrogen and oxygen atoms in total. The van der Waals surface area contributed by atoms with Crippen LogP contribution in [0.1, 0.15) is 43.0 Å². The summed E-state index contributed by atoms with van der Waals surface area (Å²) in [5, 5.41) is 10.2. The highest BCUT2D eigenvalue weighted by molar-refractivity contribution is 5.94. The number of carbonyl (C=O) groups excluding carboxylic acids is 2. The Labute approximate surface area is 187 Å². The molecule has 0 saturated carbocycles. The fourth-order valence-corrected chi connectivity index (χ4v) is 3.31. The molecule has 0 bridgehead atoms. The van der Waals surface area contributed by atoms with Crippen molar-refractivity contribution in [2.75, 3.05) is 10.6 Å². The first-order chi connectivity index (χ1) is 15.2. The number of nitrogens with one attached hydrogen (secondary N) is 2. The highest BCUT2D eigenvalue weighted by Gasteiger charge is 2.19. The Morgan fingerprint density at radius 2 is 1.69 bits per heavy atom. The monoisotopic (exact) mass is 432 g/mol. The predicted octanol–water partition coefficient (Wildman–Crippen LogP) is 4.38. The molecule has 0 aliphatic carbocycles. The first-order valence-electron chi connectivity index (χ1n) is 10.6. The molecule has 2 amide bonds. The van der Waals surface area contributed by atoms with E-state index in [-0.39, 0.29) is 17.4 Å². The van der Waals surface area contributed by atoms with Crippen LogP contribution in [0.25, 0.3) is 11.3 Å². The molecule has 32 heavy (non-hydrogen) atoms. The van der Waals surface area contributed by atoms with E-state index < -0.39 is 6.04 Å². The summed E-state index contributed by atoms with van der Waals surface area (Å²) in [7, 11) is 0. The van der Waals surface area contributed by atoms with Gasteiger partial charge in [0.2, 0.25) is 11.8 Å². The summed E-state index contributed by atoms with van der Waals surface area (Å²) in [6.07, 6.45) is 0.375. The topological polar surface area (TPSA) is 93.1 Å². The summed E-state index contributed by atoms with van der Waals surface area (Å²) in [6.45, 7) is 9.24. The van der Waals surface area contributed by atoms with Gasteiger partial charge in [-0.05, 0) is 57.0 Å². The molecule has 0 saturated heterocycles. The molecule has 0 radical (unpaired) electrons. The average Bonchev–Trinajstić information content (AvgIpc) is 2.77. The molecule has 0 aliphatic rings. The van der Waals surface area contributed by atoms with E-state index in [9.17, 15) is 14.4 Å². The van der Waals surface area contributed by atoms with E-state index in [2.05, 4.69) is 15.7 Å². The fraction of sp³-hybridized carbons (Fsp3) is 0.280. The Kier molecular flexibility index (Phi) is 6.88. The second-order valence-corrected chi connectivity index (χ2v) is 7.92. The third kappa shape index (κ3) is 5.11. The van der Waals surface area contributed by atoms with Gasteiger partial charge >= 0.3 is 0 Å². The molecule has 1 aromatic heterocycles. The van der Waals surface area contributed by atoms with Crippen molar-refractivity contribution < 1.29 is 9.59 Å². The second-order valence-electron chi connectivity index (χ2n) is 7.92. The zero-order chi connectivity index (χ0) is 23.4. The van der Waals surface area contributed by atoms with Gasteiger partial charge in [-0.25, -0.2) is 4.68 Å². The maximum absolute atomic E-state index is 12.8. The number of aryl methyl sites for hydroxylation is 3. The van der Waals surface area contributed by atoms with Crippen molar-refractivity contribution in [3.05, 3.63) is 75.6 Å². The van der Waals surface area contributed by atoms with Gasteiger partial charge in [-0.3, -0.25) is 14.4 Å². The molecule has 2 aromatic carbocycles. The number of hydrogen-bond donors (Lipinski definition) is 2. The molecule has 0 fully saturated rings. The Morgan fingerprint density at radius 1 is 0.938 bits per heavy atom. The van der Waals surface area contributed by atoms with E-state index in [1.54, 1.807) is 19.9 Å². The van der Waals surface area contributed by atoms with E-state index >= 15 is 0 Å². The van der Waals surface area contributed by atoms with Gasteiger partial charge in [0, 0.05) is 29.4 Å². The van der Waals surface area contributed by atoms with Gasteiger partial charge in [-0.15, -0.1) is 0 Å². The standard InChI is InChI=1S/C25H28N4O3/c1-6-23(30)26-22-14-19(9-8-16(22)3)21-11-12-24(31)29(28-21)18(5)25(32)27-20-10-7-15(2)13-17(20)4/h7-14,18H,6H2,1-5H3,(H,26,30)(H,27,32)/t18-/m1/s1. The van der Waals surface area contributed by atoms with Crippen LogP contribution in [0.15, 0.2) is 53.3 Å². The van der Waals surface area contributed by atoms with Crippen LogP contribution in [0.4, 0.5) is 11.4 Å². The zero-order valence-electron chi connectivity index (χ0n) is 19.0. The number of anilines is 2. The minimum absolute atomic E-state index is 0.0835. The Hall–Kier alpha value is -3.74. The van der Waals surface area contributed by atoms with Crippen molar-refractivity contribution in [3.63, 3.8) is 0 Å². The van der Waals surface area contributed by atoms with Crippen LogP contribution in [0.5, 0.6) is 0 Å². The highest BCUT2D eigenvalue weighted by atomic mass is 16.2. The van der Waals surface area contributed by atoms with Crippen LogP contribution in [-0.2, 0) is 9.59 Å². The predicted molar refractivity (Wildman–Crippen MR) is 127 cm³/mol. The fourth-order valence-electron chi connectivity index (χ4n) is 3.31. The van der Waals surface area contributed by atoms with E-state index in [0.29, 0.717) is 23.5 Å². The summed E-state index contributed by atoms with van der Waals surface area (Å²) in [4.78, 5) is 37.1. The summed E-state index contributed by atoms with van der Waals surface area (Å²) < 4.78 is 1.18. The summed E-state index contributed by atoms with van der Waals surface area (Å²) in [5.74, 6) is -0.414. The highest BCUT2D eigenvalue weighted by Crippen LogP contribution is 2.24. The molecule has 166 valence electrons. The Morgan fingerprint density at radius 3 is 2.38 bits per heavy atom. The van der Waals surface area contributed by atoms with Gasteiger partial charge in [-0.2, -0.15) is 5.10 Å². The minimum atomic E-state index is -0.812. The third-order valence-corrected chi connectivity index (χ3v) is 5.34. The third-order valence-electron chi connectivity index (χ3n) is 5.34. The zero-order valence-corrected chi connectivity index (χ0v) is 19.0. The minimum Gasteiger partial charge on any atom is -0.326 e. The molecule has 0 unspecified atom stereocenters. The molecule has 1 heterocycles. The first-order valence-corrected chi connectivity index (χ1v) is 10.6. The lowest BCUT2D eigenvalue weighted by Crippen LogP contribution is -2.33. The van der Waals surface area contributed by atoms with Crippen molar-refractivity contribution in [3.8, 4) is 11.3 Å². The van der Waals surface area contributed by atoms with Gasteiger partial charge in [0.15, 0.2) is 0 Å². The van der Waals surface area contributed by atoms with Crippen molar-refractivity contribution in [1.82, 2.24) is 9.78 Å². The maximum Gasteiger partial charge on any atom is 0.267 e. The largest absolute Gasteiger partial charge is 0.326 e. The number of nitrogens with zero attached hydrogens (tertiary/aromatic N) is 2. The Bertz CT molecular complexity index is 1230. The summed E-state index contributed by atoms with van der Waals surface area (Å²) in [6, 6.07) is 13.5. The van der Waals surface area contributed by atoms with Crippen LogP contribution in [0, 0.1) is 20.8 Å². The van der Waals surface area contributed by atoms with Crippen LogP contribution >= 0.6 is 0 Å². The molecule has 0 aliphatic heterocycles. The normalized spacial score (nSPS) is 11.7. The van der Waals surface area contributed by atoms with E-state index in [1.165, 1.54) is 10.7 Å². The first kappa shape index (κ1) is 22.9. The average molecular weight is 433 g/mol. The number of aromatic nitrogens is 2. The van der Waals surface area contributed by atoms with Crippen molar-refractivity contribution in [2.45, 2.75) is 47.1 Å². The van der Waals surface area contributed by atoms with Crippen LogP contribution < -0.4 is 16.2 Å². The number of amides is 2. The summed E-state index contributed by atoms with van der Waals surface area (Å²) in [5.41, 5.74) is 5.25. The van der Waals surface area contributed by atoms with Crippen molar-refractivity contribution in [2.24, 2.45) is 0 Å². The SMILES string of the molecule is CCC(=O)Nc1cc(-c2ccc(=O)n([C@H](C)C(=O)Nc3ccc(C)cc3C)n2)ccc1C. The molecule has 3 aromatic rings. The number of hydrogen-bond acceptors (Lipinski definition) is 4. The molecular formula is C25H28N4O3. The lowest BCUT2D eigenvalue weighted by Gasteiger charge is -2.16. The number of benzene rings is 2. The van der Waals surface area contributed by atoms with E-state index in [4.69, 9.17) is 0 Å². The lowest BCUT2D eigenvalue weighted by molar-refractivity contribution is -0.119. The molecule has 1 atom stereocenters. The molecule has 2 N–H and O–H groups in total. The quantitative estimate of drug-likeness (QED) is 0.604. The summed E-state index contributed by atoms with van der Waals surface area (Å²) >= 11 is 0. The molecular weight excluding hydrogens is 404 g/mol. The van der Waals surface area contributed by atoms with Gasteiger partial charge < -0.3 is 10.6 Å². The lowest BCUT2D eigenvalue weighted by atomic mass is 10.1. The number of carbonyl (C=O) groups is 2. The smallest absolute Gasteiger partial charge is 0.267 e. The van der Waals surface area contributed by atoms with Gasteiger partial charge in [0.05, 0.1) is 5.69 Å². The second kappa shape index (κ2) is 9.60. The van der Waals surface area contributed by atoms with Crippen molar-refractivity contribution >= 4 is 23.2 Å². The maximum atomic E-state index is 12.8.